The summed E-state index contributed by atoms with van der Waals surface area (Å²) in [5, 5.41) is 0. The Morgan fingerprint density at radius 3 is 2.73 bits per heavy atom. The van der Waals surface area contributed by atoms with Gasteiger partial charge in [-0.15, -0.1) is 0 Å². The maximum Gasteiger partial charge on any atom is 0.240 e. The van der Waals surface area contributed by atoms with Gasteiger partial charge in [0.2, 0.25) is 11.8 Å². The molecule has 4 heteroatoms. The highest BCUT2D eigenvalue weighted by Crippen LogP contribution is 2.24. The van der Waals surface area contributed by atoms with Gasteiger partial charge >= 0.3 is 0 Å². The maximum absolute atomic E-state index is 11.7. The van der Waals surface area contributed by atoms with Crippen molar-refractivity contribution in [2.24, 2.45) is 11.7 Å². The zero-order chi connectivity index (χ0) is 11.4. The van der Waals surface area contributed by atoms with E-state index in [1.807, 2.05) is 6.92 Å². The fourth-order valence-electron chi connectivity index (χ4n) is 2.29. The fourth-order valence-corrected chi connectivity index (χ4v) is 2.29. The zero-order valence-corrected chi connectivity index (χ0v) is 9.53. The highest BCUT2D eigenvalue weighted by molar-refractivity contribution is 5.87. The van der Waals surface area contributed by atoms with Gasteiger partial charge in [0.15, 0.2) is 0 Å². The summed E-state index contributed by atoms with van der Waals surface area (Å²) < 4.78 is 0. The molecule has 1 aliphatic rings. The molecule has 86 valence electrons. The van der Waals surface area contributed by atoms with Crippen molar-refractivity contribution in [3.8, 4) is 0 Å². The van der Waals surface area contributed by atoms with Gasteiger partial charge in [-0.3, -0.25) is 9.59 Å². The molecule has 0 saturated carbocycles. The number of hydrogen-bond donors (Lipinski definition) is 1. The number of hydrogen-bond acceptors (Lipinski definition) is 2. The van der Waals surface area contributed by atoms with E-state index in [9.17, 15) is 9.59 Å². The molecule has 1 fully saturated rings. The molecule has 15 heavy (non-hydrogen) atoms. The van der Waals surface area contributed by atoms with Crippen LogP contribution in [0, 0.1) is 5.92 Å². The van der Waals surface area contributed by atoms with Crippen molar-refractivity contribution in [1.82, 2.24) is 4.90 Å². The smallest absolute Gasteiger partial charge is 0.240 e. The molecule has 2 amide bonds. The van der Waals surface area contributed by atoms with Crippen LogP contribution in [0.5, 0.6) is 0 Å². The van der Waals surface area contributed by atoms with E-state index >= 15 is 0 Å². The second-order valence-corrected chi connectivity index (χ2v) is 4.23. The Bertz CT molecular complexity index is 253. The number of nitrogens with two attached hydrogens (primary N) is 1. The summed E-state index contributed by atoms with van der Waals surface area (Å²) in [5.41, 5.74) is 5.28. The SMILES string of the molecule is CCCC1CC(=O)N([C@H](CC)C(N)=O)C1. The standard InChI is InChI=1S/C11H20N2O2/c1-3-5-8-6-10(14)13(7-8)9(4-2)11(12)15/h8-9H,3-7H2,1-2H3,(H2,12,15)/t8?,9-/m1/s1. The number of carbonyl (C=O) groups excluding carboxylic acids is 2. The van der Waals surface area contributed by atoms with Gasteiger partial charge in [-0.2, -0.15) is 0 Å². The molecule has 2 atom stereocenters. The quantitative estimate of drug-likeness (QED) is 0.736. The van der Waals surface area contributed by atoms with Crippen LogP contribution in [0.25, 0.3) is 0 Å². The van der Waals surface area contributed by atoms with Gasteiger partial charge in [-0.25, -0.2) is 0 Å². The van der Waals surface area contributed by atoms with Crippen LogP contribution < -0.4 is 5.73 Å². The molecule has 1 aliphatic heterocycles. The summed E-state index contributed by atoms with van der Waals surface area (Å²) in [5.74, 6) is 0.109. The summed E-state index contributed by atoms with van der Waals surface area (Å²) in [7, 11) is 0. The normalized spacial score (nSPS) is 23.2. The molecule has 0 bridgehead atoms. The van der Waals surface area contributed by atoms with Crippen molar-refractivity contribution in [2.75, 3.05) is 6.54 Å². The first-order chi connectivity index (χ1) is 7.10. The number of rotatable bonds is 5. The molecule has 4 nitrogen and oxygen atoms in total. The lowest BCUT2D eigenvalue weighted by molar-refractivity contribution is -0.136. The molecular weight excluding hydrogens is 192 g/mol. The predicted octanol–water partition coefficient (Wildman–Crippen LogP) is 0.899. The van der Waals surface area contributed by atoms with Gasteiger partial charge in [-0.05, 0) is 18.8 Å². The summed E-state index contributed by atoms with van der Waals surface area (Å²) in [6.45, 7) is 4.70. The molecule has 0 aromatic heterocycles. The Labute approximate surface area is 90.8 Å². The van der Waals surface area contributed by atoms with Crippen LogP contribution in [0.3, 0.4) is 0 Å². The van der Waals surface area contributed by atoms with Gasteiger partial charge in [0, 0.05) is 13.0 Å². The van der Waals surface area contributed by atoms with Gasteiger partial charge in [-0.1, -0.05) is 20.3 Å². The average molecular weight is 212 g/mol. The van der Waals surface area contributed by atoms with Crippen molar-refractivity contribution >= 4 is 11.8 Å². The molecule has 2 N–H and O–H groups in total. The van der Waals surface area contributed by atoms with Crippen molar-refractivity contribution < 1.29 is 9.59 Å². The first-order valence-corrected chi connectivity index (χ1v) is 5.68. The number of nitrogens with zero attached hydrogens (tertiary/aromatic N) is 1. The monoisotopic (exact) mass is 212 g/mol. The van der Waals surface area contributed by atoms with Crippen LogP contribution in [-0.2, 0) is 9.59 Å². The number of primary amides is 1. The average Bonchev–Trinajstić information content (AvgIpc) is 2.49. The highest BCUT2D eigenvalue weighted by atomic mass is 16.2. The molecule has 1 rings (SSSR count). The van der Waals surface area contributed by atoms with Crippen LogP contribution in [0.4, 0.5) is 0 Å². The van der Waals surface area contributed by atoms with E-state index in [0.29, 0.717) is 25.3 Å². The molecule has 0 aromatic carbocycles. The minimum atomic E-state index is -0.403. The number of carbonyl (C=O) groups is 2. The van der Waals surface area contributed by atoms with Crippen molar-refractivity contribution in [2.45, 2.75) is 45.6 Å². The van der Waals surface area contributed by atoms with Gasteiger partial charge in [0.05, 0.1) is 0 Å². The second-order valence-electron chi connectivity index (χ2n) is 4.23. The Kier molecular flexibility index (Phi) is 4.12. The van der Waals surface area contributed by atoms with Gasteiger partial charge < -0.3 is 10.6 Å². The summed E-state index contributed by atoms with van der Waals surface area (Å²) in [6.07, 6.45) is 3.33. The highest BCUT2D eigenvalue weighted by Gasteiger charge is 2.35. The van der Waals surface area contributed by atoms with Gasteiger partial charge in [0.1, 0.15) is 6.04 Å². The van der Waals surface area contributed by atoms with E-state index in [2.05, 4.69) is 6.92 Å². The van der Waals surface area contributed by atoms with Gasteiger partial charge in [0.25, 0.3) is 0 Å². The Morgan fingerprint density at radius 2 is 2.27 bits per heavy atom. The Morgan fingerprint density at radius 1 is 1.60 bits per heavy atom. The summed E-state index contributed by atoms with van der Waals surface area (Å²) >= 11 is 0. The van der Waals surface area contributed by atoms with Crippen molar-refractivity contribution in [1.29, 1.82) is 0 Å². The second kappa shape index (κ2) is 5.14. The zero-order valence-electron chi connectivity index (χ0n) is 9.53. The van der Waals surface area contributed by atoms with E-state index < -0.39 is 6.04 Å². The molecule has 0 spiro atoms. The number of amides is 2. The molecule has 1 unspecified atom stereocenters. The summed E-state index contributed by atoms with van der Waals surface area (Å²) in [6, 6.07) is -0.403. The van der Waals surface area contributed by atoms with Crippen molar-refractivity contribution in [3.63, 3.8) is 0 Å². The van der Waals surface area contributed by atoms with E-state index in [1.165, 1.54) is 0 Å². The van der Waals surface area contributed by atoms with E-state index in [-0.39, 0.29) is 11.8 Å². The van der Waals surface area contributed by atoms with Crippen LogP contribution >= 0.6 is 0 Å². The first kappa shape index (κ1) is 12.0. The Balaban J connectivity index is 2.63. The fraction of sp³-hybridized carbons (Fsp3) is 0.818. The minimum Gasteiger partial charge on any atom is -0.368 e. The van der Waals surface area contributed by atoms with Crippen LogP contribution in [0.1, 0.15) is 39.5 Å². The number of likely N-dealkylation sites (tertiary alicyclic amines) is 1. The van der Waals surface area contributed by atoms with E-state index in [0.717, 1.165) is 12.8 Å². The Hall–Kier alpha value is -1.06. The van der Waals surface area contributed by atoms with Crippen LogP contribution in [-0.4, -0.2) is 29.3 Å². The minimum absolute atomic E-state index is 0.0825. The lowest BCUT2D eigenvalue weighted by Crippen LogP contribution is -2.45. The lowest BCUT2D eigenvalue weighted by Gasteiger charge is -2.24. The maximum atomic E-state index is 11.7. The third-order valence-electron chi connectivity index (χ3n) is 3.03. The lowest BCUT2D eigenvalue weighted by atomic mass is 10.0. The third kappa shape index (κ3) is 2.70. The van der Waals surface area contributed by atoms with Crippen LogP contribution in [0.2, 0.25) is 0 Å². The van der Waals surface area contributed by atoms with E-state index in [1.54, 1.807) is 4.90 Å². The molecule has 0 radical (unpaired) electrons. The third-order valence-corrected chi connectivity index (χ3v) is 3.03. The molecular formula is C11H20N2O2. The van der Waals surface area contributed by atoms with Crippen LogP contribution in [0.15, 0.2) is 0 Å². The summed E-state index contributed by atoms with van der Waals surface area (Å²) in [4.78, 5) is 24.5. The predicted molar refractivity (Wildman–Crippen MR) is 58.0 cm³/mol. The van der Waals surface area contributed by atoms with E-state index in [4.69, 9.17) is 5.73 Å². The molecule has 1 saturated heterocycles. The molecule has 1 heterocycles. The topological polar surface area (TPSA) is 63.4 Å². The molecule has 0 aromatic rings. The first-order valence-electron chi connectivity index (χ1n) is 5.68. The van der Waals surface area contributed by atoms with Crippen molar-refractivity contribution in [3.05, 3.63) is 0 Å². The largest absolute Gasteiger partial charge is 0.368 e. The molecule has 0 aliphatic carbocycles.